The minimum Gasteiger partial charge on any atom is -0.493 e. The SMILES string of the molecule is COc1cc(S)cc(OC)c1OCCN1CCOCC1. The molecule has 0 N–H and O–H groups in total. The van der Waals surface area contributed by atoms with Crippen molar-refractivity contribution in [2.24, 2.45) is 0 Å². The summed E-state index contributed by atoms with van der Waals surface area (Å²) >= 11 is 4.32. The second-order valence-corrected chi connectivity index (χ2v) is 5.00. The van der Waals surface area contributed by atoms with E-state index in [0.29, 0.717) is 23.9 Å². The third-order valence-electron chi connectivity index (χ3n) is 3.20. The van der Waals surface area contributed by atoms with E-state index < -0.39 is 0 Å². The molecular formula is C14H21NO4S. The van der Waals surface area contributed by atoms with Crippen LogP contribution in [0.15, 0.2) is 17.0 Å². The van der Waals surface area contributed by atoms with Crippen molar-refractivity contribution in [3.63, 3.8) is 0 Å². The fourth-order valence-corrected chi connectivity index (χ4v) is 2.34. The Morgan fingerprint density at radius 2 is 1.75 bits per heavy atom. The molecule has 1 aliphatic rings. The van der Waals surface area contributed by atoms with Crippen LogP contribution >= 0.6 is 12.6 Å². The first-order valence-electron chi connectivity index (χ1n) is 6.62. The number of hydrogen-bond acceptors (Lipinski definition) is 6. The Labute approximate surface area is 125 Å². The molecule has 1 fully saturated rings. The molecule has 0 atom stereocenters. The number of methoxy groups -OCH3 is 2. The first kappa shape index (κ1) is 15.3. The molecular weight excluding hydrogens is 278 g/mol. The van der Waals surface area contributed by atoms with Gasteiger partial charge in [-0.1, -0.05) is 0 Å². The van der Waals surface area contributed by atoms with E-state index in [1.807, 2.05) is 12.1 Å². The topological polar surface area (TPSA) is 40.2 Å². The molecule has 112 valence electrons. The highest BCUT2D eigenvalue weighted by Crippen LogP contribution is 2.39. The van der Waals surface area contributed by atoms with Crippen LogP contribution < -0.4 is 14.2 Å². The van der Waals surface area contributed by atoms with E-state index >= 15 is 0 Å². The fourth-order valence-electron chi connectivity index (χ4n) is 2.11. The summed E-state index contributed by atoms with van der Waals surface area (Å²) in [6.45, 7) is 4.93. The van der Waals surface area contributed by atoms with Crippen molar-refractivity contribution in [1.29, 1.82) is 0 Å². The molecule has 0 amide bonds. The maximum Gasteiger partial charge on any atom is 0.203 e. The Morgan fingerprint density at radius 1 is 1.15 bits per heavy atom. The van der Waals surface area contributed by atoms with Crippen molar-refractivity contribution in [3.05, 3.63) is 12.1 Å². The molecule has 1 aromatic rings. The zero-order valence-electron chi connectivity index (χ0n) is 11.9. The predicted molar refractivity (Wildman–Crippen MR) is 79.6 cm³/mol. The van der Waals surface area contributed by atoms with Crippen LogP contribution in [0.5, 0.6) is 17.2 Å². The van der Waals surface area contributed by atoms with E-state index in [9.17, 15) is 0 Å². The van der Waals surface area contributed by atoms with Crippen molar-refractivity contribution in [2.75, 3.05) is 53.7 Å². The second kappa shape index (κ2) is 7.61. The Hall–Kier alpha value is -1.11. The van der Waals surface area contributed by atoms with Crippen LogP contribution in [0.3, 0.4) is 0 Å². The van der Waals surface area contributed by atoms with Crippen molar-refractivity contribution in [3.8, 4) is 17.2 Å². The number of hydrogen-bond donors (Lipinski definition) is 1. The van der Waals surface area contributed by atoms with Crippen LogP contribution in [0, 0.1) is 0 Å². The summed E-state index contributed by atoms with van der Waals surface area (Å²) in [5.74, 6) is 1.90. The summed E-state index contributed by atoms with van der Waals surface area (Å²) < 4.78 is 21.8. The van der Waals surface area contributed by atoms with E-state index in [1.165, 1.54) is 0 Å². The largest absolute Gasteiger partial charge is 0.493 e. The number of thiol groups is 1. The Balaban J connectivity index is 1.97. The van der Waals surface area contributed by atoms with Gasteiger partial charge in [0.2, 0.25) is 5.75 Å². The quantitative estimate of drug-likeness (QED) is 0.810. The van der Waals surface area contributed by atoms with E-state index in [0.717, 1.165) is 37.7 Å². The minimum absolute atomic E-state index is 0.582. The maximum atomic E-state index is 5.84. The van der Waals surface area contributed by atoms with Gasteiger partial charge >= 0.3 is 0 Å². The van der Waals surface area contributed by atoms with Gasteiger partial charge in [0.25, 0.3) is 0 Å². The predicted octanol–water partition coefficient (Wildman–Crippen LogP) is 1.70. The molecule has 0 unspecified atom stereocenters. The van der Waals surface area contributed by atoms with Gasteiger partial charge < -0.3 is 18.9 Å². The Bertz CT molecular complexity index is 410. The lowest BCUT2D eigenvalue weighted by Gasteiger charge is -2.26. The molecule has 0 bridgehead atoms. The Morgan fingerprint density at radius 3 is 2.30 bits per heavy atom. The van der Waals surface area contributed by atoms with Crippen molar-refractivity contribution >= 4 is 12.6 Å². The van der Waals surface area contributed by atoms with E-state index in [2.05, 4.69) is 17.5 Å². The van der Waals surface area contributed by atoms with Gasteiger partial charge in [-0.15, -0.1) is 12.6 Å². The van der Waals surface area contributed by atoms with Crippen LogP contribution in [0.4, 0.5) is 0 Å². The highest BCUT2D eigenvalue weighted by Gasteiger charge is 2.15. The molecule has 5 nitrogen and oxygen atoms in total. The van der Waals surface area contributed by atoms with Crippen LogP contribution in [0.25, 0.3) is 0 Å². The van der Waals surface area contributed by atoms with Crippen LogP contribution in [-0.4, -0.2) is 58.6 Å². The highest BCUT2D eigenvalue weighted by molar-refractivity contribution is 7.80. The second-order valence-electron chi connectivity index (χ2n) is 4.48. The van der Waals surface area contributed by atoms with Crippen molar-refractivity contribution in [1.82, 2.24) is 4.90 Å². The zero-order chi connectivity index (χ0) is 14.4. The number of ether oxygens (including phenoxy) is 4. The smallest absolute Gasteiger partial charge is 0.203 e. The highest BCUT2D eigenvalue weighted by atomic mass is 32.1. The van der Waals surface area contributed by atoms with Gasteiger partial charge in [0.15, 0.2) is 11.5 Å². The van der Waals surface area contributed by atoms with Crippen LogP contribution in [0.1, 0.15) is 0 Å². The van der Waals surface area contributed by atoms with Gasteiger partial charge in [-0.2, -0.15) is 0 Å². The molecule has 0 aromatic heterocycles. The molecule has 2 rings (SSSR count). The molecule has 1 saturated heterocycles. The number of morpholine rings is 1. The van der Waals surface area contributed by atoms with Gasteiger partial charge in [0, 0.05) is 24.5 Å². The lowest BCUT2D eigenvalue weighted by Crippen LogP contribution is -2.38. The van der Waals surface area contributed by atoms with Gasteiger partial charge in [0.1, 0.15) is 6.61 Å². The van der Waals surface area contributed by atoms with Gasteiger partial charge in [-0.05, 0) is 12.1 Å². The molecule has 1 heterocycles. The van der Waals surface area contributed by atoms with Crippen molar-refractivity contribution in [2.45, 2.75) is 4.90 Å². The van der Waals surface area contributed by atoms with Crippen molar-refractivity contribution < 1.29 is 18.9 Å². The minimum atomic E-state index is 0.582. The summed E-state index contributed by atoms with van der Waals surface area (Å²) in [6, 6.07) is 3.63. The fraction of sp³-hybridized carbons (Fsp3) is 0.571. The first-order valence-corrected chi connectivity index (χ1v) is 7.07. The van der Waals surface area contributed by atoms with Crippen LogP contribution in [-0.2, 0) is 4.74 Å². The summed E-state index contributed by atoms with van der Waals surface area (Å²) in [4.78, 5) is 3.09. The number of rotatable bonds is 6. The molecule has 0 saturated carbocycles. The Kier molecular flexibility index (Phi) is 5.82. The number of benzene rings is 1. The average Bonchev–Trinajstić information content (AvgIpc) is 2.49. The van der Waals surface area contributed by atoms with E-state index in [4.69, 9.17) is 18.9 Å². The maximum absolute atomic E-state index is 5.84. The lowest BCUT2D eigenvalue weighted by molar-refractivity contribution is 0.0319. The molecule has 0 spiro atoms. The van der Waals surface area contributed by atoms with Crippen LogP contribution in [0.2, 0.25) is 0 Å². The first-order chi connectivity index (χ1) is 9.74. The summed E-state index contributed by atoms with van der Waals surface area (Å²) in [7, 11) is 3.22. The summed E-state index contributed by atoms with van der Waals surface area (Å²) in [5, 5.41) is 0. The zero-order valence-corrected chi connectivity index (χ0v) is 12.8. The lowest BCUT2D eigenvalue weighted by atomic mass is 10.3. The number of nitrogens with zero attached hydrogens (tertiary/aromatic N) is 1. The molecule has 0 radical (unpaired) electrons. The third kappa shape index (κ3) is 3.94. The monoisotopic (exact) mass is 299 g/mol. The third-order valence-corrected chi connectivity index (χ3v) is 3.46. The van der Waals surface area contributed by atoms with E-state index in [1.54, 1.807) is 14.2 Å². The van der Waals surface area contributed by atoms with Gasteiger partial charge in [0.05, 0.1) is 27.4 Å². The molecule has 1 aliphatic heterocycles. The van der Waals surface area contributed by atoms with E-state index in [-0.39, 0.29) is 0 Å². The molecule has 0 aliphatic carbocycles. The summed E-state index contributed by atoms with van der Waals surface area (Å²) in [5.41, 5.74) is 0. The molecule has 6 heteroatoms. The molecule has 20 heavy (non-hydrogen) atoms. The summed E-state index contributed by atoms with van der Waals surface area (Å²) in [6.07, 6.45) is 0. The van der Waals surface area contributed by atoms with Gasteiger partial charge in [-0.25, -0.2) is 0 Å². The van der Waals surface area contributed by atoms with Gasteiger partial charge in [-0.3, -0.25) is 4.90 Å². The normalized spacial score (nSPS) is 15.9. The average molecular weight is 299 g/mol. The standard InChI is InChI=1S/C14H21NO4S/c1-16-12-9-11(20)10-13(17-2)14(12)19-8-5-15-3-6-18-7-4-15/h9-10,20H,3-8H2,1-2H3. The molecule has 1 aromatic carbocycles.